The Morgan fingerprint density at radius 3 is 2.94 bits per heavy atom. The first-order chi connectivity index (χ1) is 8.29. The Morgan fingerprint density at radius 1 is 1.24 bits per heavy atom. The van der Waals surface area contributed by atoms with Crippen molar-refractivity contribution in [3.05, 3.63) is 0 Å². The summed E-state index contributed by atoms with van der Waals surface area (Å²) >= 11 is 0. The minimum absolute atomic E-state index is 0.384. The standard InChI is InChI=1S/C13H27N3O/c1-14-10-13-11-16(8-9-17-13)12-4-3-6-15(2)7-5-12/h12-14H,3-11H2,1-2H3. The summed E-state index contributed by atoms with van der Waals surface area (Å²) in [7, 11) is 4.24. The van der Waals surface area contributed by atoms with E-state index in [1.54, 1.807) is 0 Å². The number of rotatable bonds is 3. The molecule has 100 valence electrons. The van der Waals surface area contributed by atoms with E-state index in [-0.39, 0.29) is 0 Å². The third kappa shape index (κ3) is 3.91. The summed E-state index contributed by atoms with van der Waals surface area (Å²) in [4.78, 5) is 5.12. The van der Waals surface area contributed by atoms with E-state index in [9.17, 15) is 0 Å². The van der Waals surface area contributed by atoms with E-state index in [4.69, 9.17) is 4.74 Å². The lowest BCUT2D eigenvalue weighted by molar-refractivity contribution is -0.0430. The van der Waals surface area contributed by atoms with Crippen LogP contribution in [-0.2, 0) is 4.74 Å². The van der Waals surface area contributed by atoms with Crippen LogP contribution < -0.4 is 5.32 Å². The minimum atomic E-state index is 0.384. The lowest BCUT2D eigenvalue weighted by Crippen LogP contribution is -2.50. The summed E-state index contributed by atoms with van der Waals surface area (Å²) in [5.74, 6) is 0. The molecule has 0 saturated carbocycles. The van der Waals surface area contributed by atoms with Crippen molar-refractivity contribution in [2.24, 2.45) is 0 Å². The molecular weight excluding hydrogens is 214 g/mol. The van der Waals surface area contributed by atoms with Gasteiger partial charge in [-0.1, -0.05) is 0 Å². The zero-order valence-corrected chi connectivity index (χ0v) is 11.3. The van der Waals surface area contributed by atoms with Gasteiger partial charge in [0.1, 0.15) is 0 Å². The van der Waals surface area contributed by atoms with E-state index in [0.29, 0.717) is 6.10 Å². The van der Waals surface area contributed by atoms with E-state index in [2.05, 4.69) is 22.2 Å². The van der Waals surface area contributed by atoms with Crippen molar-refractivity contribution in [2.75, 3.05) is 53.4 Å². The molecule has 2 unspecified atom stereocenters. The lowest BCUT2D eigenvalue weighted by Gasteiger charge is -2.38. The fourth-order valence-corrected chi connectivity index (χ4v) is 3.01. The normalized spacial score (nSPS) is 33.5. The Balaban J connectivity index is 1.83. The van der Waals surface area contributed by atoms with Crippen LogP contribution in [0.15, 0.2) is 0 Å². The predicted molar refractivity (Wildman–Crippen MR) is 70.4 cm³/mol. The highest BCUT2D eigenvalue weighted by atomic mass is 16.5. The van der Waals surface area contributed by atoms with Crippen molar-refractivity contribution < 1.29 is 4.74 Å². The molecule has 0 spiro atoms. The Labute approximate surface area is 105 Å². The number of nitrogens with one attached hydrogen (secondary N) is 1. The molecule has 17 heavy (non-hydrogen) atoms. The van der Waals surface area contributed by atoms with Gasteiger partial charge in [0.05, 0.1) is 12.7 Å². The number of nitrogens with zero attached hydrogens (tertiary/aromatic N) is 2. The molecule has 4 heteroatoms. The Morgan fingerprint density at radius 2 is 2.12 bits per heavy atom. The number of likely N-dealkylation sites (tertiary alicyclic amines) is 1. The molecule has 0 amide bonds. The second-order valence-electron chi connectivity index (χ2n) is 5.43. The van der Waals surface area contributed by atoms with Gasteiger partial charge in [0.2, 0.25) is 0 Å². The SMILES string of the molecule is CNCC1CN(C2CCCN(C)CC2)CCO1. The Bertz CT molecular complexity index is 223. The molecule has 0 bridgehead atoms. The summed E-state index contributed by atoms with van der Waals surface area (Å²) in [6, 6.07) is 0.781. The molecular formula is C13H27N3O. The van der Waals surface area contributed by atoms with Crippen LogP contribution in [0.2, 0.25) is 0 Å². The molecule has 4 nitrogen and oxygen atoms in total. The Kier molecular flexibility index (Phi) is 5.22. The van der Waals surface area contributed by atoms with E-state index in [1.807, 2.05) is 7.05 Å². The minimum Gasteiger partial charge on any atom is -0.374 e. The van der Waals surface area contributed by atoms with Crippen LogP contribution in [0.25, 0.3) is 0 Å². The van der Waals surface area contributed by atoms with Gasteiger partial charge < -0.3 is 15.0 Å². The van der Waals surface area contributed by atoms with E-state index >= 15 is 0 Å². The molecule has 0 aliphatic carbocycles. The lowest BCUT2D eigenvalue weighted by atomic mass is 10.1. The molecule has 2 rings (SSSR count). The van der Waals surface area contributed by atoms with Crippen LogP contribution >= 0.6 is 0 Å². The molecule has 0 aromatic rings. The van der Waals surface area contributed by atoms with E-state index in [1.165, 1.54) is 32.4 Å². The molecule has 2 aliphatic rings. The molecule has 2 fully saturated rings. The summed E-state index contributed by atoms with van der Waals surface area (Å²) < 4.78 is 5.78. The van der Waals surface area contributed by atoms with Gasteiger partial charge in [0, 0.05) is 25.7 Å². The van der Waals surface area contributed by atoms with E-state index in [0.717, 1.165) is 32.3 Å². The van der Waals surface area contributed by atoms with Crippen LogP contribution in [0, 0.1) is 0 Å². The van der Waals surface area contributed by atoms with Gasteiger partial charge in [-0.2, -0.15) is 0 Å². The zero-order valence-electron chi connectivity index (χ0n) is 11.3. The van der Waals surface area contributed by atoms with Gasteiger partial charge in [0.25, 0.3) is 0 Å². The zero-order chi connectivity index (χ0) is 12.1. The molecule has 2 saturated heterocycles. The molecule has 2 atom stereocenters. The van der Waals surface area contributed by atoms with Gasteiger partial charge in [-0.3, -0.25) is 4.90 Å². The number of hydrogen-bond acceptors (Lipinski definition) is 4. The average Bonchev–Trinajstić information content (AvgIpc) is 2.55. The van der Waals surface area contributed by atoms with Gasteiger partial charge >= 0.3 is 0 Å². The van der Waals surface area contributed by atoms with Gasteiger partial charge in [-0.25, -0.2) is 0 Å². The fourth-order valence-electron chi connectivity index (χ4n) is 3.01. The number of ether oxygens (including phenoxy) is 1. The third-order valence-electron chi connectivity index (χ3n) is 4.04. The topological polar surface area (TPSA) is 27.7 Å². The Hall–Kier alpha value is -0.160. The average molecular weight is 241 g/mol. The largest absolute Gasteiger partial charge is 0.374 e. The van der Waals surface area contributed by atoms with E-state index < -0.39 is 0 Å². The maximum atomic E-state index is 5.78. The van der Waals surface area contributed by atoms with Crippen molar-refractivity contribution in [3.63, 3.8) is 0 Å². The quantitative estimate of drug-likeness (QED) is 0.774. The smallest absolute Gasteiger partial charge is 0.0826 e. The van der Waals surface area contributed by atoms with Crippen molar-refractivity contribution in [2.45, 2.75) is 31.4 Å². The molecule has 0 aromatic heterocycles. The predicted octanol–water partition coefficient (Wildman–Crippen LogP) is 0.391. The summed E-state index contributed by atoms with van der Waals surface area (Å²) in [6.07, 6.45) is 4.41. The highest BCUT2D eigenvalue weighted by Gasteiger charge is 2.27. The van der Waals surface area contributed by atoms with Gasteiger partial charge in [-0.15, -0.1) is 0 Å². The molecule has 2 aliphatic heterocycles. The monoisotopic (exact) mass is 241 g/mol. The summed E-state index contributed by atoms with van der Waals surface area (Å²) in [5, 5.41) is 3.22. The molecule has 0 radical (unpaired) electrons. The van der Waals surface area contributed by atoms with Gasteiger partial charge in [-0.05, 0) is 46.4 Å². The first-order valence-electron chi connectivity index (χ1n) is 6.98. The van der Waals surface area contributed by atoms with Crippen LogP contribution in [0.5, 0.6) is 0 Å². The molecule has 0 aromatic carbocycles. The van der Waals surface area contributed by atoms with Crippen molar-refractivity contribution in [3.8, 4) is 0 Å². The number of likely N-dealkylation sites (N-methyl/N-ethyl adjacent to an activating group) is 1. The first kappa shape index (κ1) is 13.3. The van der Waals surface area contributed by atoms with Crippen LogP contribution in [0.1, 0.15) is 19.3 Å². The van der Waals surface area contributed by atoms with Crippen molar-refractivity contribution in [1.29, 1.82) is 0 Å². The fraction of sp³-hybridized carbons (Fsp3) is 1.00. The number of morpholine rings is 1. The summed E-state index contributed by atoms with van der Waals surface area (Å²) in [5.41, 5.74) is 0. The van der Waals surface area contributed by atoms with Crippen LogP contribution in [0.4, 0.5) is 0 Å². The molecule has 2 heterocycles. The second-order valence-corrected chi connectivity index (χ2v) is 5.43. The van der Waals surface area contributed by atoms with Crippen LogP contribution in [-0.4, -0.2) is 75.4 Å². The van der Waals surface area contributed by atoms with Gasteiger partial charge in [0.15, 0.2) is 0 Å². The third-order valence-corrected chi connectivity index (χ3v) is 4.04. The number of hydrogen-bond donors (Lipinski definition) is 1. The maximum absolute atomic E-state index is 5.78. The highest BCUT2D eigenvalue weighted by Crippen LogP contribution is 2.18. The second kappa shape index (κ2) is 6.69. The van der Waals surface area contributed by atoms with Crippen LogP contribution in [0.3, 0.4) is 0 Å². The summed E-state index contributed by atoms with van der Waals surface area (Å²) in [6.45, 7) is 6.62. The highest BCUT2D eigenvalue weighted by molar-refractivity contribution is 4.81. The molecule has 1 N–H and O–H groups in total. The first-order valence-corrected chi connectivity index (χ1v) is 6.98. The van der Waals surface area contributed by atoms with Crippen molar-refractivity contribution in [1.82, 2.24) is 15.1 Å². The van der Waals surface area contributed by atoms with Crippen molar-refractivity contribution >= 4 is 0 Å². The maximum Gasteiger partial charge on any atom is 0.0826 e.